The van der Waals surface area contributed by atoms with Crippen molar-refractivity contribution in [2.45, 2.75) is 65.0 Å². The molecule has 1 aliphatic heterocycles. The molecular weight excluding hydrogens is 492 g/mol. The molecule has 210 valence electrons. The number of benzene rings is 2. The summed E-state index contributed by atoms with van der Waals surface area (Å²) in [5, 5.41) is 9.73. The number of amides is 1. The van der Waals surface area contributed by atoms with E-state index in [9.17, 15) is 9.90 Å². The predicted octanol–water partition coefficient (Wildman–Crippen LogP) is 6.18. The van der Waals surface area contributed by atoms with Crippen LogP contribution in [0.5, 0.6) is 17.2 Å². The maximum absolute atomic E-state index is 13.4. The minimum Gasteiger partial charge on any atom is -0.508 e. The molecule has 4 rings (SSSR count). The molecule has 39 heavy (non-hydrogen) atoms. The van der Waals surface area contributed by atoms with E-state index < -0.39 is 0 Å². The summed E-state index contributed by atoms with van der Waals surface area (Å²) in [6, 6.07) is 13.3. The number of nitrogens with zero attached hydrogens (tertiary/aromatic N) is 4. The molecule has 8 nitrogen and oxygen atoms in total. The number of aromatic nitrogens is 2. The van der Waals surface area contributed by atoms with Gasteiger partial charge in [-0.05, 0) is 55.5 Å². The third-order valence-electron chi connectivity index (χ3n) is 7.28. The maximum atomic E-state index is 13.4. The normalized spacial score (nSPS) is 14.3. The molecule has 0 atom stereocenters. The SMILES string of the molecule is CCCCOc1ccc(-c2cn(C(=O)N(C)C3CCN(Cc4cccc(O)c4)CC3)cn2)c(OCCCC)c1. The van der Waals surface area contributed by atoms with E-state index in [4.69, 9.17) is 9.47 Å². The third kappa shape index (κ3) is 7.76. The molecule has 0 unspecified atom stereocenters. The van der Waals surface area contributed by atoms with Gasteiger partial charge in [0, 0.05) is 50.6 Å². The van der Waals surface area contributed by atoms with Gasteiger partial charge in [0.05, 0.1) is 18.9 Å². The Morgan fingerprint density at radius 2 is 1.79 bits per heavy atom. The summed E-state index contributed by atoms with van der Waals surface area (Å²) < 4.78 is 13.6. The summed E-state index contributed by atoms with van der Waals surface area (Å²) in [6.07, 6.45) is 9.27. The summed E-state index contributed by atoms with van der Waals surface area (Å²) in [4.78, 5) is 22.1. The summed E-state index contributed by atoms with van der Waals surface area (Å²) in [7, 11) is 1.87. The number of piperidine rings is 1. The molecule has 1 aliphatic rings. The lowest BCUT2D eigenvalue weighted by Crippen LogP contribution is -2.46. The van der Waals surface area contributed by atoms with Crippen LogP contribution in [0.2, 0.25) is 0 Å². The van der Waals surface area contributed by atoms with Crippen LogP contribution in [-0.2, 0) is 6.54 Å². The van der Waals surface area contributed by atoms with Crippen molar-refractivity contribution in [1.82, 2.24) is 19.4 Å². The van der Waals surface area contributed by atoms with Crippen LogP contribution in [-0.4, -0.2) is 69.9 Å². The monoisotopic (exact) mass is 534 g/mol. The number of hydrogen-bond donors (Lipinski definition) is 1. The highest BCUT2D eigenvalue weighted by Crippen LogP contribution is 2.33. The first-order valence-electron chi connectivity index (χ1n) is 14.2. The average molecular weight is 535 g/mol. The van der Waals surface area contributed by atoms with Crippen LogP contribution >= 0.6 is 0 Å². The summed E-state index contributed by atoms with van der Waals surface area (Å²) >= 11 is 0. The van der Waals surface area contributed by atoms with Crippen molar-refractivity contribution in [2.75, 3.05) is 33.4 Å². The number of carbonyl (C=O) groups is 1. The molecule has 3 aromatic rings. The fourth-order valence-electron chi connectivity index (χ4n) is 4.87. The summed E-state index contributed by atoms with van der Waals surface area (Å²) in [6.45, 7) is 8.17. The quantitative estimate of drug-likeness (QED) is 0.280. The number of carbonyl (C=O) groups excluding carboxylic acids is 1. The Morgan fingerprint density at radius 3 is 2.51 bits per heavy atom. The zero-order valence-corrected chi connectivity index (χ0v) is 23.5. The Bertz CT molecular complexity index is 1200. The van der Waals surface area contributed by atoms with Crippen molar-refractivity contribution >= 4 is 6.03 Å². The van der Waals surface area contributed by atoms with E-state index in [0.29, 0.717) is 24.7 Å². The van der Waals surface area contributed by atoms with Gasteiger partial charge in [-0.3, -0.25) is 9.47 Å². The zero-order valence-electron chi connectivity index (χ0n) is 23.5. The number of aromatic hydroxyl groups is 1. The van der Waals surface area contributed by atoms with Gasteiger partial charge in [0.1, 0.15) is 23.6 Å². The highest BCUT2D eigenvalue weighted by molar-refractivity contribution is 5.79. The Balaban J connectivity index is 1.39. The van der Waals surface area contributed by atoms with Gasteiger partial charge in [-0.25, -0.2) is 9.78 Å². The van der Waals surface area contributed by atoms with Gasteiger partial charge in [0.25, 0.3) is 0 Å². The third-order valence-corrected chi connectivity index (χ3v) is 7.28. The largest absolute Gasteiger partial charge is 0.508 e. The maximum Gasteiger partial charge on any atom is 0.329 e. The smallest absolute Gasteiger partial charge is 0.329 e. The molecule has 2 heterocycles. The minimum absolute atomic E-state index is 0.0897. The lowest BCUT2D eigenvalue weighted by Gasteiger charge is -2.36. The second-order valence-corrected chi connectivity index (χ2v) is 10.3. The van der Waals surface area contributed by atoms with Crippen LogP contribution in [0.4, 0.5) is 4.79 Å². The molecular formula is C31H42N4O4. The molecule has 1 saturated heterocycles. The standard InChI is InChI=1S/C31H42N4O4/c1-4-6-17-38-27-11-12-28(30(20-27)39-18-7-5-2)29-22-35(23-32-29)31(37)33(3)25-13-15-34(16-14-25)21-24-9-8-10-26(36)19-24/h8-12,19-20,22-23,25,36H,4-7,13-18,21H2,1-3H3. The Morgan fingerprint density at radius 1 is 1.05 bits per heavy atom. The fraction of sp³-hybridized carbons (Fsp3) is 0.484. The zero-order chi connectivity index (χ0) is 27.6. The van der Waals surface area contributed by atoms with Crippen LogP contribution < -0.4 is 9.47 Å². The van der Waals surface area contributed by atoms with Crippen LogP contribution in [0.25, 0.3) is 11.3 Å². The van der Waals surface area contributed by atoms with Gasteiger partial charge in [-0.2, -0.15) is 0 Å². The lowest BCUT2D eigenvalue weighted by atomic mass is 10.0. The molecule has 0 spiro atoms. The highest BCUT2D eigenvalue weighted by atomic mass is 16.5. The van der Waals surface area contributed by atoms with Crippen molar-refractivity contribution < 1.29 is 19.4 Å². The number of imidazole rings is 1. The molecule has 1 fully saturated rings. The minimum atomic E-state index is -0.0897. The molecule has 0 radical (unpaired) electrons. The number of ether oxygens (including phenoxy) is 2. The van der Waals surface area contributed by atoms with E-state index in [1.165, 1.54) is 0 Å². The van der Waals surface area contributed by atoms with Crippen molar-refractivity contribution in [3.8, 4) is 28.5 Å². The van der Waals surface area contributed by atoms with Crippen LogP contribution in [0.1, 0.15) is 57.9 Å². The van der Waals surface area contributed by atoms with Crippen LogP contribution in [0.15, 0.2) is 55.0 Å². The molecule has 8 heteroatoms. The van der Waals surface area contributed by atoms with E-state index in [2.05, 4.69) is 23.7 Å². The lowest BCUT2D eigenvalue weighted by molar-refractivity contribution is 0.132. The Kier molecular flexibility index (Phi) is 10.3. The number of phenols is 1. The van der Waals surface area contributed by atoms with Crippen molar-refractivity contribution in [3.05, 3.63) is 60.6 Å². The van der Waals surface area contributed by atoms with E-state index in [1.54, 1.807) is 23.2 Å². The van der Waals surface area contributed by atoms with Gasteiger partial charge in [0.2, 0.25) is 0 Å². The molecule has 0 aliphatic carbocycles. The number of rotatable bonds is 12. The van der Waals surface area contributed by atoms with Gasteiger partial charge in [-0.15, -0.1) is 0 Å². The molecule has 1 amide bonds. The first-order chi connectivity index (χ1) is 19.0. The topological polar surface area (TPSA) is 80.1 Å². The molecule has 2 aromatic carbocycles. The van der Waals surface area contributed by atoms with Crippen molar-refractivity contribution in [3.63, 3.8) is 0 Å². The highest BCUT2D eigenvalue weighted by Gasteiger charge is 2.26. The number of likely N-dealkylation sites (tertiary alicyclic amines) is 1. The van der Waals surface area contributed by atoms with Gasteiger partial charge >= 0.3 is 6.03 Å². The van der Waals surface area contributed by atoms with Crippen molar-refractivity contribution in [1.29, 1.82) is 0 Å². The van der Waals surface area contributed by atoms with Gasteiger partial charge < -0.3 is 19.5 Å². The number of hydrogen-bond acceptors (Lipinski definition) is 6. The van der Waals surface area contributed by atoms with Gasteiger partial charge in [0.15, 0.2) is 0 Å². The van der Waals surface area contributed by atoms with E-state index in [0.717, 1.165) is 80.8 Å². The second-order valence-electron chi connectivity index (χ2n) is 10.3. The first kappa shape index (κ1) is 28.5. The second kappa shape index (κ2) is 14.0. The Hall–Kier alpha value is -3.52. The molecule has 1 N–H and O–H groups in total. The fourth-order valence-corrected chi connectivity index (χ4v) is 4.87. The molecule has 0 bridgehead atoms. The van der Waals surface area contributed by atoms with Gasteiger partial charge in [-0.1, -0.05) is 38.8 Å². The van der Waals surface area contributed by atoms with Crippen LogP contribution in [0, 0.1) is 0 Å². The predicted molar refractivity (Wildman–Crippen MR) is 153 cm³/mol. The summed E-state index contributed by atoms with van der Waals surface area (Å²) in [5.41, 5.74) is 2.65. The summed E-state index contributed by atoms with van der Waals surface area (Å²) in [5.74, 6) is 1.80. The molecule has 1 aromatic heterocycles. The molecule has 0 saturated carbocycles. The van der Waals surface area contributed by atoms with E-state index in [-0.39, 0.29) is 12.1 Å². The van der Waals surface area contributed by atoms with Crippen molar-refractivity contribution in [2.24, 2.45) is 0 Å². The Labute approximate surface area is 232 Å². The van der Waals surface area contributed by atoms with E-state index >= 15 is 0 Å². The number of unbranched alkanes of at least 4 members (excludes halogenated alkanes) is 2. The first-order valence-corrected chi connectivity index (χ1v) is 14.2. The number of phenolic OH excluding ortho intramolecular Hbond substituents is 1. The van der Waals surface area contributed by atoms with Crippen LogP contribution in [0.3, 0.4) is 0 Å². The van der Waals surface area contributed by atoms with E-state index in [1.807, 2.05) is 48.3 Å². The average Bonchev–Trinajstić information content (AvgIpc) is 3.43.